The molecule has 1 saturated heterocycles. The van der Waals surface area contributed by atoms with Gasteiger partial charge in [-0.25, -0.2) is 8.42 Å². The number of thioether (sulfide) groups is 1. The number of hydrogen-bond acceptors (Lipinski definition) is 9. The highest BCUT2D eigenvalue weighted by Gasteiger charge is 2.36. The summed E-state index contributed by atoms with van der Waals surface area (Å²) in [6, 6.07) is -0.309. The van der Waals surface area contributed by atoms with Crippen LogP contribution in [0.3, 0.4) is 0 Å². The second-order valence-corrected chi connectivity index (χ2v) is 8.91. The maximum absolute atomic E-state index is 12.7. The summed E-state index contributed by atoms with van der Waals surface area (Å²) in [5.74, 6) is 0.0969. The molecule has 0 spiro atoms. The second-order valence-electron chi connectivity index (χ2n) is 5.74. The first-order chi connectivity index (χ1) is 11.2. The molecular weight excluding hydrogens is 352 g/mol. The number of nitrogens with two attached hydrogens (primary N) is 2. The Bertz CT molecular complexity index is 691. The highest BCUT2D eigenvalue weighted by Crippen LogP contribution is 2.23. The zero-order valence-corrected chi connectivity index (χ0v) is 15.3. The molecule has 134 valence electrons. The van der Waals surface area contributed by atoms with Crippen LogP contribution in [-0.4, -0.2) is 63.5 Å². The van der Waals surface area contributed by atoms with Gasteiger partial charge in [0.25, 0.3) is 0 Å². The van der Waals surface area contributed by atoms with Crippen molar-refractivity contribution in [3.05, 3.63) is 0 Å². The van der Waals surface area contributed by atoms with Crippen molar-refractivity contribution in [1.29, 1.82) is 0 Å². The second kappa shape index (κ2) is 7.51. The van der Waals surface area contributed by atoms with Crippen LogP contribution >= 0.6 is 11.8 Å². The first-order valence-electron chi connectivity index (χ1n) is 7.63. The Morgan fingerprint density at radius 2 is 1.96 bits per heavy atom. The zero-order chi connectivity index (χ0) is 17.9. The lowest BCUT2D eigenvalue weighted by atomic mass is 10.1. The Hall–Kier alpha value is -1.62. The van der Waals surface area contributed by atoms with Gasteiger partial charge in [0.15, 0.2) is 15.0 Å². The summed E-state index contributed by atoms with van der Waals surface area (Å²) in [5.41, 5.74) is 11.0. The summed E-state index contributed by atoms with van der Waals surface area (Å²) in [6.45, 7) is 3.89. The molecule has 1 aromatic heterocycles. The Morgan fingerprint density at radius 3 is 2.46 bits per heavy atom. The minimum atomic E-state index is -3.06. The van der Waals surface area contributed by atoms with Gasteiger partial charge in [-0.2, -0.15) is 15.0 Å². The first-order valence-corrected chi connectivity index (χ1v) is 10.4. The number of aromatic nitrogens is 3. The number of carbonyl (C=O) groups is 1. The third kappa shape index (κ3) is 4.69. The van der Waals surface area contributed by atoms with E-state index in [4.69, 9.17) is 11.5 Å². The van der Waals surface area contributed by atoms with Crippen LogP contribution in [0.5, 0.6) is 0 Å². The monoisotopic (exact) mass is 374 g/mol. The van der Waals surface area contributed by atoms with Crippen LogP contribution in [0.4, 0.5) is 11.9 Å². The van der Waals surface area contributed by atoms with Gasteiger partial charge in [-0.05, 0) is 19.8 Å². The smallest absolute Gasteiger partial charge is 0.233 e. The molecule has 11 heteroatoms. The Labute approximate surface area is 145 Å². The summed E-state index contributed by atoms with van der Waals surface area (Å²) in [7, 11) is -3.06. The average Bonchev–Trinajstić information content (AvgIpc) is 2.84. The molecule has 0 aliphatic carbocycles. The maximum atomic E-state index is 12.7. The predicted molar refractivity (Wildman–Crippen MR) is 93.0 cm³/mol. The molecule has 1 aromatic rings. The number of nitrogen functional groups attached to an aromatic ring is 2. The lowest BCUT2D eigenvalue weighted by Gasteiger charge is -2.33. The van der Waals surface area contributed by atoms with E-state index in [1.54, 1.807) is 4.90 Å². The van der Waals surface area contributed by atoms with E-state index in [9.17, 15) is 13.2 Å². The van der Waals surface area contributed by atoms with Crippen molar-refractivity contribution in [2.75, 3.05) is 28.7 Å². The largest absolute Gasteiger partial charge is 0.368 e. The molecule has 1 fully saturated rings. The molecular formula is C13H22N6O3S2. The summed E-state index contributed by atoms with van der Waals surface area (Å²) >= 11 is 1.11. The number of anilines is 2. The van der Waals surface area contributed by atoms with Gasteiger partial charge >= 0.3 is 0 Å². The average molecular weight is 374 g/mol. The molecule has 1 aliphatic heterocycles. The highest BCUT2D eigenvalue weighted by molar-refractivity contribution is 7.99. The van der Waals surface area contributed by atoms with Gasteiger partial charge in [0, 0.05) is 12.1 Å². The van der Waals surface area contributed by atoms with Crippen LogP contribution in [0.1, 0.15) is 26.7 Å². The summed E-state index contributed by atoms with van der Waals surface area (Å²) in [6.07, 6.45) is 1.23. The number of nitrogens with zero attached hydrogens (tertiary/aromatic N) is 4. The quantitative estimate of drug-likeness (QED) is 0.654. The fraction of sp³-hybridized carbons (Fsp3) is 0.692. The van der Waals surface area contributed by atoms with E-state index in [-0.39, 0.29) is 52.3 Å². The molecule has 0 saturated carbocycles. The first kappa shape index (κ1) is 18.7. The van der Waals surface area contributed by atoms with E-state index in [2.05, 4.69) is 15.0 Å². The van der Waals surface area contributed by atoms with Gasteiger partial charge in [0.2, 0.25) is 17.8 Å². The van der Waals surface area contributed by atoms with Crippen molar-refractivity contribution in [2.45, 2.75) is 43.9 Å². The maximum Gasteiger partial charge on any atom is 0.233 e. The van der Waals surface area contributed by atoms with Crippen molar-refractivity contribution in [1.82, 2.24) is 19.9 Å². The Kier molecular flexibility index (Phi) is 5.86. The molecule has 24 heavy (non-hydrogen) atoms. The SMILES string of the molecule is CCC(C)N(C(=O)CSc1nc(N)nc(N)n1)C1CCS(=O)(=O)C1. The fourth-order valence-corrected chi connectivity index (χ4v) is 5.08. The van der Waals surface area contributed by atoms with E-state index in [0.29, 0.717) is 6.42 Å². The molecule has 1 aliphatic rings. The molecule has 2 rings (SSSR count). The van der Waals surface area contributed by atoms with Crippen LogP contribution < -0.4 is 11.5 Å². The van der Waals surface area contributed by atoms with Crippen LogP contribution in [0.2, 0.25) is 0 Å². The van der Waals surface area contributed by atoms with Gasteiger partial charge in [-0.1, -0.05) is 18.7 Å². The van der Waals surface area contributed by atoms with Crippen molar-refractivity contribution < 1.29 is 13.2 Å². The fourth-order valence-electron chi connectivity index (χ4n) is 2.65. The van der Waals surface area contributed by atoms with Crippen molar-refractivity contribution in [3.63, 3.8) is 0 Å². The molecule has 9 nitrogen and oxygen atoms in total. The Balaban J connectivity index is 2.08. The van der Waals surface area contributed by atoms with Crippen LogP contribution in [0.15, 0.2) is 5.16 Å². The molecule has 0 aromatic carbocycles. The third-order valence-corrected chi connectivity index (χ3v) is 6.51. The minimum absolute atomic E-state index is 0.00174. The molecule has 4 N–H and O–H groups in total. The molecule has 2 unspecified atom stereocenters. The van der Waals surface area contributed by atoms with E-state index in [0.717, 1.165) is 18.2 Å². The van der Waals surface area contributed by atoms with E-state index in [1.165, 1.54) is 0 Å². The topological polar surface area (TPSA) is 145 Å². The van der Waals surface area contributed by atoms with E-state index in [1.807, 2.05) is 13.8 Å². The normalized spacial score (nSPS) is 20.7. The number of sulfone groups is 1. The Morgan fingerprint density at radius 1 is 1.33 bits per heavy atom. The number of amides is 1. The third-order valence-electron chi connectivity index (χ3n) is 3.93. The molecule has 1 amide bonds. The van der Waals surface area contributed by atoms with Crippen molar-refractivity contribution in [3.8, 4) is 0 Å². The van der Waals surface area contributed by atoms with Crippen LogP contribution in [0.25, 0.3) is 0 Å². The van der Waals surface area contributed by atoms with Gasteiger partial charge in [0.1, 0.15) is 0 Å². The van der Waals surface area contributed by atoms with Crippen LogP contribution in [0, 0.1) is 0 Å². The molecule has 0 radical (unpaired) electrons. The minimum Gasteiger partial charge on any atom is -0.368 e. The summed E-state index contributed by atoms with van der Waals surface area (Å²) < 4.78 is 23.5. The lowest BCUT2D eigenvalue weighted by Crippen LogP contribution is -2.47. The zero-order valence-electron chi connectivity index (χ0n) is 13.7. The number of carbonyl (C=O) groups excluding carboxylic acids is 1. The number of rotatable bonds is 6. The van der Waals surface area contributed by atoms with Gasteiger partial charge < -0.3 is 16.4 Å². The van der Waals surface area contributed by atoms with Gasteiger partial charge in [-0.15, -0.1) is 0 Å². The van der Waals surface area contributed by atoms with Crippen molar-refractivity contribution in [2.24, 2.45) is 0 Å². The number of hydrogen-bond donors (Lipinski definition) is 2. The standard InChI is InChI=1S/C13H22N6O3S2/c1-3-8(2)19(9-4-5-24(21,22)7-9)10(20)6-23-13-17-11(14)16-12(15)18-13/h8-9H,3-7H2,1-2H3,(H4,14,15,16,17,18). The van der Waals surface area contributed by atoms with Gasteiger partial charge in [-0.3, -0.25) is 4.79 Å². The molecule has 0 bridgehead atoms. The van der Waals surface area contributed by atoms with Gasteiger partial charge in [0.05, 0.1) is 17.3 Å². The summed E-state index contributed by atoms with van der Waals surface area (Å²) in [5, 5.41) is 0.275. The predicted octanol–water partition coefficient (Wildman–Crippen LogP) is -0.0577. The lowest BCUT2D eigenvalue weighted by molar-refractivity contribution is -0.132. The highest BCUT2D eigenvalue weighted by atomic mass is 32.2. The van der Waals surface area contributed by atoms with Crippen molar-refractivity contribution >= 4 is 39.4 Å². The molecule has 2 heterocycles. The van der Waals surface area contributed by atoms with E-state index >= 15 is 0 Å². The van der Waals surface area contributed by atoms with E-state index < -0.39 is 9.84 Å². The molecule has 2 atom stereocenters. The van der Waals surface area contributed by atoms with Crippen LogP contribution in [-0.2, 0) is 14.6 Å². The summed E-state index contributed by atoms with van der Waals surface area (Å²) in [4.78, 5) is 25.9.